The van der Waals surface area contributed by atoms with Gasteiger partial charge in [0.25, 0.3) is 11.5 Å². The minimum absolute atomic E-state index is 0.0438. The fourth-order valence-corrected chi connectivity index (χ4v) is 3.32. The van der Waals surface area contributed by atoms with Crippen LogP contribution in [0, 0.1) is 5.92 Å². The zero-order valence-electron chi connectivity index (χ0n) is 17.0. The number of aromatic nitrogens is 2. The number of carbonyl (C=O) groups is 2. The van der Waals surface area contributed by atoms with Gasteiger partial charge in [0.2, 0.25) is 0 Å². The van der Waals surface area contributed by atoms with Crippen molar-refractivity contribution in [3.05, 3.63) is 34.6 Å². The molecule has 1 aromatic heterocycles. The molecule has 0 fully saturated rings. The van der Waals surface area contributed by atoms with Gasteiger partial charge in [-0.05, 0) is 24.5 Å². The van der Waals surface area contributed by atoms with Crippen LogP contribution in [0.4, 0.5) is 0 Å². The van der Waals surface area contributed by atoms with Crippen LogP contribution in [0.3, 0.4) is 0 Å². The molecule has 1 amide bonds. The molecule has 8 nitrogen and oxygen atoms in total. The summed E-state index contributed by atoms with van der Waals surface area (Å²) in [4.78, 5) is 41.0. The van der Waals surface area contributed by atoms with Gasteiger partial charge in [-0.2, -0.15) is 0 Å². The van der Waals surface area contributed by atoms with Gasteiger partial charge < -0.3 is 14.8 Å². The van der Waals surface area contributed by atoms with Crippen LogP contribution in [0.25, 0.3) is 10.9 Å². The molecule has 0 aliphatic heterocycles. The van der Waals surface area contributed by atoms with E-state index in [9.17, 15) is 14.4 Å². The van der Waals surface area contributed by atoms with Gasteiger partial charge in [0.05, 0.1) is 23.3 Å². The first-order chi connectivity index (χ1) is 13.9. The summed E-state index contributed by atoms with van der Waals surface area (Å²) in [5.41, 5.74) is 0.469. The van der Waals surface area contributed by atoms with E-state index in [0.29, 0.717) is 41.7 Å². The van der Waals surface area contributed by atoms with E-state index in [2.05, 4.69) is 24.1 Å². The van der Waals surface area contributed by atoms with Crippen LogP contribution in [0.5, 0.6) is 0 Å². The van der Waals surface area contributed by atoms with Crippen LogP contribution in [0.2, 0.25) is 0 Å². The van der Waals surface area contributed by atoms with Crippen molar-refractivity contribution in [2.75, 3.05) is 32.6 Å². The summed E-state index contributed by atoms with van der Waals surface area (Å²) >= 11 is 1.13. The van der Waals surface area contributed by atoms with Crippen molar-refractivity contribution >= 4 is 34.5 Å². The zero-order chi connectivity index (χ0) is 21.2. The number of methoxy groups -OCH3 is 1. The monoisotopic (exact) mass is 421 g/mol. The lowest BCUT2D eigenvalue weighted by Crippen LogP contribution is -2.31. The van der Waals surface area contributed by atoms with Gasteiger partial charge in [0.15, 0.2) is 11.8 Å². The van der Waals surface area contributed by atoms with Gasteiger partial charge in [-0.3, -0.25) is 19.0 Å². The molecule has 0 atom stereocenters. The van der Waals surface area contributed by atoms with E-state index in [1.54, 1.807) is 22.8 Å². The Hall–Kier alpha value is -2.39. The third-order valence-corrected chi connectivity index (χ3v) is 5.02. The van der Waals surface area contributed by atoms with Crippen molar-refractivity contribution in [2.45, 2.75) is 32.0 Å². The molecule has 0 aliphatic carbocycles. The molecule has 0 unspecified atom stereocenters. The van der Waals surface area contributed by atoms with Gasteiger partial charge in [0.1, 0.15) is 0 Å². The van der Waals surface area contributed by atoms with E-state index in [1.165, 1.54) is 7.11 Å². The average Bonchev–Trinajstić information content (AvgIpc) is 2.70. The lowest BCUT2D eigenvalue weighted by Gasteiger charge is -2.14. The number of hydrogen-bond donors (Lipinski definition) is 1. The SMILES string of the molecule is COCCNC(=O)COC(=O)CSc1nc2ccccc2c(=O)n1CCC(C)C. The van der Waals surface area contributed by atoms with E-state index in [0.717, 1.165) is 18.2 Å². The number of amides is 1. The molecule has 0 bridgehead atoms. The summed E-state index contributed by atoms with van der Waals surface area (Å²) in [5.74, 6) is -0.557. The number of thioether (sulfide) groups is 1. The van der Waals surface area contributed by atoms with Crippen molar-refractivity contribution < 1.29 is 19.1 Å². The highest BCUT2D eigenvalue weighted by molar-refractivity contribution is 7.99. The maximum Gasteiger partial charge on any atom is 0.316 e. The van der Waals surface area contributed by atoms with Gasteiger partial charge >= 0.3 is 5.97 Å². The Kier molecular flexibility index (Phi) is 9.14. The van der Waals surface area contributed by atoms with Crippen molar-refractivity contribution in [3.8, 4) is 0 Å². The zero-order valence-corrected chi connectivity index (χ0v) is 17.8. The summed E-state index contributed by atoms with van der Waals surface area (Å²) in [5, 5.41) is 3.59. The third-order valence-electron chi connectivity index (χ3n) is 4.07. The number of rotatable bonds is 11. The molecule has 1 aromatic carbocycles. The quantitative estimate of drug-likeness (QED) is 0.256. The molecule has 0 aliphatic rings. The Morgan fingerprint density at radius 2 is 2.03 bits per heavy atom. The summed E-state index contributed by atoms with van der Waals surface area (Å²) in [6.45, 7) is 5.08. The molecule has 0 spiro atoms. The number of nitrogens with zero attached hydrogens (tertiary/aromatic N) is 2. The molecule has 1 N–H and O–H groups in total. The molecule has 29 heavy (non-hydrogen) atoms. The second-order valence-electron chi connectivity index (χ2n) is 6.84. The summed E-state index contributed by atoms with van der Waals surface area (Å²) in [6.07, 6.45) is 0.819. The second-order valence-corrected chi connectivity index (χ2v) is 7.79. The Balaban J connectivity index is 2.04. The molecule has 2 aromatic rings. The largest absolute Gasteiger partial charge is 0.455 e. The molecular weight excluding hydrogens is 394 g/mol. The second kappa shape index (κ2) is 11.6. The number of nitrogens with one attached hydrogen (secondary N) is 1. The van der Waals surface area contributed by atoms with E-state index < -0.39 is 11.9 Å². The van der Waals surface area contributed by atoms with Gasteiger partial charge in [0, 0.05) is 20.2 Å². The number of hydrogen-bond acceptors (Lipinski definition) is 7. The maximum absolute atomic E-state index is 12.9. The Morgan fingerprint density at radius 1 is 1.28 bits per heavy atom. The van der Waals surface area contributed by atoms with Crippen LogP contribution >= 0.6 is 11.8 Å². The molecule has 158 valence electrons. The Bertz CT molecular complexity index is 897. The molecule has 0 saturated heterocycles. The van der Waals surface area contributed by atoms with Crippen LogP contribution in [0.15, 0.2) is 34.2 Å². The van der Waals surface area contributed by atoms with Gasteiger partial charge in [-0.25, -0.2) is 4.98 Å². The van der Waals surface area contributed by atoms with Crippen LogP contribution in [-0.2, 0) is 25.6 Å². The van der Waals surface area contributed by atoms with Crippen molar-refractivity contribution in [3.63, 3.8) is 0 Å². The minimum Gasteiger partial charge on any atom is -0.455 e. The van der Waals surface area contributed by atoms with Crippen molar-refractivity contribution in [1.82, 2.24) is 14.9 Å². The first-order valence-electron chi connectivity index (χ1n) is 9.46. The van der Waals surface area contributed by atoms with E-state index >= 15 is 0 Å². The fraction of sp³-hybridized carbons (Fsp3) is 0.500. The summed E-state index contributed by atoms with van der Waals surface area (Å²) in [6, 6.07) is 7.15. The minimum atomic E-state index is -0.547. The van der Waals surface area contributed by atoms with Crippen LogP contribution < -0.4 is 10.9 Å². The first-order valence-corrected chi connectivity index (χ1v) is 10.4. The standard InChI is InChI=1S/C20H27N3O5S/c1-14(2)8-10-23-19(26)15-6-4-5-7-16(15)22-20(23)29-13-18(25)28-12-17(24)21-9-11-27-3/h4-7,14H,8-13H2,1-3H3,(H,21,24). The molecular formula is C20H27N3O5S. The van der Waals surface area contributed by atoms with Crippen molar-refractivity contribution in [2.24, 2.45) is 5.92 Å². The van der Waals surface area contributed by atoms with Gasteiger partial charge in [-0.1, -0.05) is 37.7 Å². The Labute approximate surface area is 174 Å². The molecule has 0 saturated carbocycles. The number of para-hydroxylation sites is 1. The van der Waals surface area contributed by atoms with Gasteiger partial charge in [-0.15, -0.1) is 0 Å². The number of carbonyl (C=O) groups excluding carboxylic acids is 2. The fourth-order valence-electron chi connectivity index (χ4n) is 2.50. The number of ether oxygens (including phenoxy) is 2. The smallest absolute Gasteiger partial charge is 0.316 e. The third kappa shape index (κ3) is 7.17. The van der Waals surface area contributed by atoms with Crippen molar-refractivity contribution in [1.29, 1.82) is 0 Å². The molecule has 0 radical (unpaired) electrons. The first kappa shape index (κ1) is 22.9. The van der Waals surface area contributed by atoms with E-state index in [1.807, 2.05) is 6.07 Å². The number of esters is 1. The molecule has 1 heterocycles. The van der Waals surface area contributed by atoms with E-state index in [4.69, 9.17) is 9.47 Å². The summed E-state index contributed by atoms with van der Waals surface area (Å²) in [7, 11) is 1.53. The highest BCUT2D eigenvalue weighted by atomic mass is 32.2. The normalized spacial score (nSPS) is 11.0. The van der Waals surface area contributed by atoms with Crippen LogP contribution in [-0.4, -0.2) is 54.0 Å². The van der Waals surface area contributed by atoms with Crippen LogP contribution in [0.1, 0.15) is 20.3 Å². The molecule has 9 heteroatoms. The lowest BCUT2D eigenvalue weighted by molar-refractivity contribution is -0.145. The van der Waals surface area contributed by atoms with E-state index in [-0.39, 0.29) is 17.9 Å². The Morgan fingerprint density at radius 3 is 2.76 bits per heavy atom. The summed E-state index contributed by atoms with van der Waals surface area (Å²) < 4.78 is 11.4. The predicted octanol–water partition coefficient (Wildman–Crippen LogP) is 1.84. The highest BCUT2D eigenvalue weighted by Gasteiger charge is 2.15. The maximum atomic E-state index is 12.9. The molecule has 2 rings (SSSR count). The highest BCUT2D eigenvalue weighted by Crippen LogP contribution is 2.19. The topological polar surface area (TPSA) is 99.5 Å². The number of benzene rings is 1. The lowest BCUT2D eigenvalue weighted by atomic mass is 10.1. The predicted molar refractivity (Wildman–Crippen MR) is 112 cm³/mol. The average molecular weight is 422 g/mol. The number of fused-ring (bicyclic) bond motifs is 1.